The number of imidazole rings is 2. The van der Waals surface area contributed by atoms with Crippen molar-refractivity contribution in [2.75, 3.05) is 6.16 Å². The number of nitrogens with zero attached hydrogens (tertiary/aromatic N) is 3. The van der Waals surface area contributed by atoms with E-state index in [4.69, 9.17) is 15.5 Å². The van der Waals surface area contributed by atoms with E-state index in [1.807, 2.05) is 0 Å². The lowest BCUT2D eigenvalue weighted by atomic mass is 10.1. The first-order valence-corrected chi connectivity index (χ1v) is 12.0. The van der Waals surface area contributed by atoms with Crippen LogP contribution in [0.1, 0.15) is 32.4 Å². The highest BCUT2D eigenvalue weighted by atomic mass is 31.2. The van der Waals surface area contributed by atoms with Gasteiger partial charge in [0.25, 0.3) is 5.91 Å². The maximum atomic E-state index is 12.6. The van der Waals surface area contributed by atoms with Crippen LogP contribution in [0.2, 0.25) is 0 Å². The van der Waals surface area contributed by atoms with Gasteiger partial charge >= 0.3 is 13.6 Å². The van der Waals surface area contributed by atoms with Gasteiger partial charge in [-0.05, 0) is 36.4 Å². The molecule has 13 nitrogen and oxygen atoms in total. The monoisotopic (exact) mass is 500 g/mol. The van der Waals surface area contributed by atoms with Crippen LogP contribution < -0.4 is 11.1 Å². The molecule has 7 N–H and O–H groups in total. The number of nitrogens with one attached hydrogen (secondary N) is 2. The molecule has 2 amide bonds. The summed E-state index contributed by atoms with van der Waals surface area (Å²) in [6, 6.07) is 7.68. The molecule has 0 bridgehead atoms. The summed E-state index contributed by atoms with van der Waals surface area (Å²) in [6.07, 6.45) is -0.707. The number of carbonyl (C=O) groups excluding carboxylic acids is 2. The predicted molar refractivity (Wildman–Crippen MR) is 124 cm³/mol. The highest BCUT2D eigenvalue weighted by Gasteiger charge is 2.29. The summed E-state index contributed by atoms with van der Waals surface area (Å²) in [5.41, 5.74) is 8.25. The van der Waals surface area contributed by atoms with Gasteiger partial charge in [-0.1, -0.05) is 0 Å². The lowest BCUT2D eigenvalue weighted by Gasteiger charge is -2.15. The van der Waals surface area contributed by atoms with Gasteiger partial charge in [-0.25, -0.2) is 14.8 Å². The number of H-pyrrole nitrogens is 1. The molecule has 0 aliphatic rings. The van der Waals surface area contributed by atoms with Gasteiger partial charge in [-0.3, -0.25) is 14.2 Å². The summed E-state index contributed by atoms with van der Waals surface area (Å²) in [7, 11) is -2.92. The molecule has 35 heavy (non-hydrogen) atoms. The predicted octanol–water partition coefficient (Wildman–Crippen LogP) is 0.500. The largest absolute Gasteiger partial charge is 0.480 e. The summed E-state index contributed by atoms with van der Waals surface area (Å²) >= 11 is 0. The SMILES string of the molecule is Cn1c(Cc2nc3ccc(C(N)=O)cc3[nH]2)nc2ccc(C(=O)NC(CP(=O)(O)O)C(=O)O)cc21. The van der Waals surface area contributed by atoms with Crippen LogP contribution in [0.25, 0.3) is 22.1 Å². The molecule has 2 aromatic heterocycles. The maximum absolute atomic E-state index is 12.6. The minimum Gasteiger partial charge on any atom is -0.480 e. The zero-order valence-electron chi connectivity index (χ0n) is 18.3. The molecule has 182 valence electrons. The second-order valence-electron chi connectivity index (χ2n) is 7.96. The van der Waals surface area contributed by atoms with E-state index in [1.54, 1.807) is 35.9 Å². The quantitative estimate of drug-likeness (QED) is 0.186. The Bertz CT molecular complexity index is 1540. The van der Waals surface area contributed by atoms with Crippen LogP contribution in [0.3, 0.4) is 0 Å². The third-order valence-corrected chi connectivity index (χ3v) is 6.24. The van der Waals surface area contributed by atoms with Crippen LogP contribution in [-0.4, -0.2) is 64.4 Å². The molecular weight excluding hydrogens is 479 g/mol. The van der Waals surface area contributed by atoms with Crippen molar-refractivity contribution >= 4 is 47.4 Å². The molecule has 14 heteroatoms. The van der Waals surface area contributed by atoms with E-state index in [-0.39, 0.29) is 5.56 Å². The Balaban J connectivity index is 1.58. The minimum absolute atomic E-state index is 0.103. The topological polar surface area (TPSA) is 214 Å². The van der Waals surface area contributed by atoms with Crippen molar-refractivity contribution in [3.05, 3.63) is 59.2 Å². The number of carboxylic acids is 1. The van der Waals surface area contributed by atoms with Crippen molar-refractivity contribution in [3.63, 3.8) is 0 Å². The van der Waals surface area contributed by atoms with Gasteiger partial charge < -0.3 is 35.5 Å². The fraction of sp³-hybridized carbons (Fsp3) is 0.190. The van der Waals surface area contributed by atoms with Gasteiger partial charge in [0.15, 0.2) is 0 Å². The van der Waals surface area contributed by atoms with Crippen LogP contribution in [0.5, 0.6) is 0 Å². The minimum atomic E-state index is -4.66. The summed E-state index contributed by atoms with van der Waals surface area (Å²) in [6.45, 7) is 0. The Morgan fingerprint density at radius 3 is 2.46 bits per heavy atom. The number of primary amides is 1. The number of carbonyl (C=O) groups is 3. The van der Waals surface area contributed by atoms with Crippen LogP contribution in [0.4, 0.5) is 0 Å². The van der Waals surface area contributed by atoms with E-state index < -0.39 is 37.6 Å². The number of aromatic nitrogens is 4. The average Bonchev–Trinajstić information content (AvgIpc) is 3.31. The fourth-order valence-electron chi connectivity index (χ4n) is 3.65. The van der Waals surface area contributed by atoms with Crippen molar-refractivity contribution in [1.29, 1.82) is 0 Å². The molecule has 0 saturated heterocycles. The summed E-state index contributed by atoms with van der Waals surface area (Å²) in [4.78, 5) is 65.6. The number of hydrogen-bond acceptors (Lipinski definition) is 6. The number of amides is 2. The number of hydrogen-bond donors (Lipinski definition) is 6. The molecule has 2 aromatic carbocycles. The number of aliphatic carboxylic acids is 1. The van der Waals surface area contributed by atoms with Crippen LogP contribution >= 0.6 is 7.60 Å². The van der Waals surface area contributed by atoms with E-state index in [9.17, 15) is 24.1 Å². The van der Waals surface area contributed by atoms with Gasteiger partial charge in [0.05, 0.1) is 34.6 Å². The van der Waals surface area contributed by atoms with Crippen molar-refractivity contribution in [2.45, 2.75) is 12.5 Å². The number of rotatable bonds is 8. The van der Waals surface area contributed by atoms with Crippen LogP contribution in [0, 0.1) is 0 Å². The first-order chi connectivity index (χ1) is 16.4. The molecule has 0 aliphatic heterocycles. The van der Waals surface area contributed by atoms with E-state index in [1.165, 1.54) is 12.1 Å². The number of aromatic amines is 1. The second kappa shape index (κ2) is 8.95. The Labute approximate surface area is 197 Å². The molecule has 0 aliphatic carbocycles. The van der Waals surface area contributed by atoms with E-state index in [0.717, 1.165) is 0 Å². The first kappa shape index (κ1) is 24.1. The average molecular weight is 500 g/mol. The zero-order chi connectivity index (χ0) is 25.5. The van der Waals surface area contributed by atoms with E-state index in [0.29, 0.717) is 45.7 Å². The van der Waals surface area contributed by atoms with Crippen LogP contribution in [-0.2, 0) is 22.8 Å². The van der Waals surface area contributed by atoms with Gasteiger partial charge in [-0.2, -0.15) is 0 Å². The Morgan fingerprint density at radius 1 is 1.11 bits per heavy atom. The number of benzene rings is 2. The lowest BCUT2D eigenvalue weighted by Crippen LogP contribution is -2.43. The fourth-order valence-corrected chi connectivity index (χ4v) is 4.38. The molecule has 0 spiro atoms. The van der Waals surface area contributed by atoms with Crippen molar-refractivity contribution in [3.8, 4) is 0 Å². The molecule has 4 aromatic rings. The number of nitrogens with two attached hydrogens (primary N) is 1. The summed E-state index contributed by atoms with van der Waals surface area (Å²) in [5.74, 6) is -1.68. The lowest BCUT2D eigenvalue weighted by molar-refractivity contribution is -0.138. The number of carboxylic acid groups (broad SMARTS) is 1. The molecule has 1 unspecified atom stereocenters. The third kappa shape index (κ3) is 5.22. The summed E-state index contributed by atoms with van der Waals surface area (Å²) < 4.78 is 12.9. The molecule has 1 atom stereocenters. The number of fused-ring (bicyclic) bond motifs is 2. The van der Waals surface area contributed by atoms with Crippen molar-refractivity contribution < 1.29 is 33.8 Å². The molecule has 0 radical (unpaired) electrons. The van der Waals surface area contributed by atoms with Gasteiger partial charge in [0.2, 0.25) is 5.91 Å². The third-order valence-electron chi connectivity index (χ3n) is 5.40. The highest BCUT2D eigenvalue weighted by molar-refractivity contribution is 7.51. The first-order valence-electron chi connectivity index (χ1n) is 10.2. The van der Waals surface area contributed by atoms with Gasteiger partial charge in [-0.15, -0.1) is 0 Å². The maximum Gasteiger partial charge on any atom is 0.328 e. The standard InChI is InChI=1S/C21H21N6O7P/c1-27-16-7-11(20(29)26-15(21(30)31)9-35(32,33)34)3-5-13(16)25-18(27)8-17-23-12-4-2-10(19(22)28)6-14(12)24-17/h2-7,15H,8-9H2,1H3,(H2,22,28)(H,23,24)(H,26,29)(H,30,31)(H2,32,33,34). The molecule has 4 rings (SSSR count). The van der Waals surface area contributed by atoms with Crippen molar-refractivity contribution in [1.82, 2.24) is 24.8 Å². The van der Waals surface area contributed by atoms with Crippen molar-refractivity contribution in [2.24, 2.45) is 12.8 Å². The van der Waals surface area contributed by atoms with Gasteiger partial charge in [0, 0.05) is 18.2 Å². The van der Waals surface area contributed by atoms with E-state index in [2.05, 4.69) is 20.3 Å². The molecule has 0 saturated carbocycles. The molecule has 2 heterocycles. The zero-order valence-corrected chi connectivity index (χ0v) is 19.2. The second-order valence-corrected chi connectivity index (χ2v) is 9.65. The summed E-state index contributed by atoms with van der Waals surface area (Å²) in [5, 5.41) is 11.3. The van der Waals surface area contributed by atoms with E-state index >= 15 is 0 Å². The van der Waals surface area contributed by atoms with Crippen LogP contribution in [0.15, 0.2) is 36.4 Å². The normalized spacial score (nSPS) is 12.7. The highest BCUT2D eigenvalue weighted by Crippen LogP contribution is 2.35. The Hall–Kier alpha value is -4.06. The molecular formula is C21H21N6O7P. The Kier molecular flexibility index (Phi) is 6.15. The Morgan fingerprint density at radius 2 is 1.80 bits per heavy atom. The molecule has 0 fully saturated rings. The smallest absolute Gasteiger partial charge is 0.328 e. The number of aryl methyl sites for hydroxylation is 1. The van der Waals surface area contributed by atoms with Gasteiger partial charge in [0.1, 0.15) is 17.7 Å².